The molecule has 1 aliphatic rings. The Morgan fingerprint density at radius 3 is 2.70 bits per heavy atom. The second kappa shape index (κ2) is 5.21. The Morgan fingerprint density at radius 1 is 1.25 bits per heavy atom. The number of hydrogen-bond acceptors (Lipinski definition) is 3. The number of hydrogen-bond donors (Lipinski definition) is 0. The van der Waals surface area contributed by atoms with Crippen LogP contribution in [0.1, 0.15) is 35.9 Å². The van der Waals surface area contributed by atoms with E-state index in [0.29, 0.717) is 19.4 Å². The molecule has 1 saturated heterocycles. The summed E-state index contributed by atoms with van der Waals surface area (Å²) in [5.41, 5.74) is 4.07. The summed E-state index contributed by atoms with van der Waals surface area (Å²) in [6.07, 6.45) is 0.845. The molecule has 1 aliphatic heterocycles. The van der Waals surface area contributed by atoms with Gasteiger partial charge in [-0.3, -0.25) is 4.79 Å². The first kappa shape index (κ1) is 13.1. The van der Waals surface area contributed by atoms with Crippen molar-refractivity contribution in [1.82, 2.24) is 9.78 Å². The first-order valence-electron chi connectivity index (χ1n) is 6.91. The maximum atomic E-state index is 11.6. The number of carbonyl (C=O) groups is 1. The van der Waals surface area contributed by atoms with E-state index in [-0.39, 0.29) is 11.9 Å². The Kier molecular flexibility index (Phi) is 3.40. The van der Waals surface area contributed by atoms with Gasteiger partial charge >= 0.3 is 0 Å². The highest BCUT2D eigenvalue weighted by Crippen LogP contribution is 2.31. The van der Waals surface area contributed by atoms with Crippen LogP contribution in [0.2, 0.25) is 0 Å². The molecule has 2 heterocycles. The highest BCUT2D eigenvalue weighted by Gasteiger charge is 2.27. The highest BCUT2D eigenvalue weighted by molar-refractivity contribution is 5.79. The average Bonchev–Trinajstić information content (AvgIpc) is 2.75. The first-order valence-corrected chi connectivity index (χ1v) is 6.91. The number of aromatic nitrogens is 2. The fraction of sp³-hybridized carbons (Fsp3) is 0.375. The first-order chi connectivity index (χ1) is 9.66. The Hall–Kier alpha value is -1.94. The number of ketones is 1. The van der Waals surface area contributed by atoms with E-state index in [1.807, 2.05) is 48.9 Å². The Morgan fingerprint density at radius 2 is 2.00 bits per heavy atom. The lowest BCUT2D eigenvalue weighted by atomic mass is 9.99. The number of nitrogens with zero attached hydrogens (tertiary/aromatic N) is 2. The van der Waals surface area contributed by atoms with Crippen molar-refractivity contribution >= 4 is 5.78 Å². The molecule has 104 valence electrons. The summed E-state index contributed by atoms with van der Waals surface area (Å²) in [5, 5.41) is 4.61. The topological polar surface area (TPSA) is 44.1 Å². The largest absolute Gasteiger partial charge is 0.372 e. The van der Waals surface area contributed by atoms with Gasteiger partial charge in [0.05, 0.1) is 24.1 Å². The van der Waals surface area contributed by atoms with E-state index in [1.54, 1.807) is 0 Å². The van der Waals surface area contributed by atoms with Gasteiger partial charge in [-0.2, -0.15) is 5.10 Å². The second-order valence-electron chi connectivity index (χ2n) is 5.18. The van der Waals surface area contributed by atoms with Gasteiger partial charge in [-0.25, -0.2) is 4.68 Å². The van der Waals surface area contributed by atoms with Crippen LogP contribution in [0.15, 0.2) is 30.3 Å². The lowest BCUT2D eigenvalue weighted by Gasteiger charge is -2.22. The van der Waals surface area contributed by atoms with E-state index >= 15 is 0 Å². The van der Waals surface area contributed by atoms with E-state index < -0.39 is 0 Å². The van der Waals surface area contributed by atoms with Gasteiger partial charge in [0.15, 0.2) is 0 Å². The zero-order valence-corrected chi connectivity index (χ0v) is 11.8. The van der Waals surface area contributed by atoms with Gasteiger partial charge in [-0.1, -0.05) is 18.2 Å². The van der Waals surface area contributed by atoms with Crippen LogP contribution in [0, 0.1) is 13.8 Å². The van der Waals surface area contributed by atoms with Crippen LogP contribution < -0.4 is 0 Å². The summed E-state index contributed by atoms with van der Waals surface area (Å²) < 4.78 is 7.69. The van der Waals surface area contributed by atoms with E-state index in [1.165, 1.54) is 0 Å². The van der Waals surface area contributed by atoms with Crippen LogP contribution in [-0.2, 0) is 9.53 Å². The minimum absolute atomic E-state index is 0.145. The molecule has 3 rings (SSSR count). The summed E-state index contributed by atoms with van der Waals surface area (Å²) in [6, 6.07) is 10.0. The molecule has 0 saturated carbocycles. The number of carbonyl (C=O) groups excluding carboxylic acids is 1. The molecular formula is C16H18N2O2. The molecule has 1 aromatic carbocycles. The van der Waals surface area contributed by atoms with Crippen molar-refractivity contribution in [3.05, 3.63) is 47.3 Å². The molecule has 0 spiro atoms. The van der Waals surface area contributed by atoms with Crippen LogP contribution in [0.4, 0.5) is 0 Å². The van der Waals surface area contributed by atoms with Gasteiger partial charge < -0.3 is 4.74 Å². The fourth-order valence-electron chi connectivity index (χ4n) is 2.81. The van der Waals surface area contributed by atoms with Crippen molar-refractivity contribution in [2.75, 3.05) is 6.61 Å². The summed E-state index contributed by atoms with van der Waals surface area (Å²) in [5.74, 6) is 0.271. The third-order valence-corrected chi connectivity index (χ3v) is 3.78. The summed E-state index contributed by atoms with van der Waals surface area (Å²) in [4.78, 5) is 11.6. The molecule has 0 amide bonds. The van der Waals surface area contributed by atoms with E-state index in [2.05, 4.69) is 5.10 Å². The van der Waals surface area contributed by atoms with Gasteiger partial charge in [0.25, 0.3) is 0 Å². The highest BCUT2D eigenvalue weighted by atomic mass is 16.5. The minimum atomic E-state index is -0.145. The molecule has 0 radical (unpaired) electrons. The minimum Gasteiger partial charge on any atom is -0.372 e. The molecule has 1 atom stereocenters. The van der Waals surface area contributed by atoms with Crippen molar-refractivity contribution in [3.8, 4) is 5.69 Å². The molecule has 20 heavy (non-hydrogen) atoms. The van der Waals surface area contributed by atoms with Crippen LogP contribution in [0.25, 0.3) is 5.69 Å². The number of para-hydroxylation sites is 1. The molecule has 4 nitrogen and oxygen atoms in total. The predicted molar refractivity (Wildman–Crippen MR) is 76.0 cm³/mol. The maximum Gasteiger partial charge on any atom is 0.138 e. The molecule has 1 aromatic heterocycles. The van der Waals surface area contributed by atoms with Crippen LogP contribution in [0.3, 0.4) is 0 Å². The number of Topliss-reactive ketones (excluding diaryl/α,β-unsaturated/α-hetero) is 1. The van der Waals surface area contributed by atoms with E-state index in [9.17, 15) is 4.79 Å². The van der Waals surface area contributed by atoms with Crippen molar-refractivity contribution in [2.45, 2.75) is 32.8 Å². The summed E-state index contributed by atoms with van der Waals surface area (Å²) in [7, 11) is 0. The number of rotatable bonds is 2. The van der Waals surface area contributed by atoms with Crippen molar-refractivity contribution in [3.63, 3.8) is 0 Å². The zero-order chi connectivity index (χ0) is 14.1. The molecule has 1 unspecified atom stereocenters. The van der Waals surface area contributed by atoms with Crippen LogP contribution in [0.5, 0.6) is 0 Å². The van der Waals surface area contributed by atoms with Crippen molar-refractivity contribution in [1.29, 1.82) is 0 Å². The van der Waals surface area contributed by atoms with Crippen molar-refractivity contribution in [2.24, 2.45) is 0 Å². The van der Waals surface area contributed by atoms with Crippen LogP contribution in [-0.4, -0.2) is 22.2 Å². The van der Waals surface area contributed by atoms with Gasteiger partial charge in [-0.15, -0.1) is 0 Å². The molecule has 1 fully saturated rings. The predicted octanol–water partition coefficient (Wildman–Crippen LogP) is 2.91. The second-order valence-corrected chi connectivity index (χ2v) is 5.18. The van der Waals surface area contributed by atoms with Crippen molar-refractivity contribution < 1.29 is 9.53 Å². The lowest BCUT2D eigenvalue weighted by molar-refractivity contribution is -0.128. The lowest BCUT2D eigenvalue weighted by Crippen LogP contribution is -2.20. The fourth-order valence-corrected chi connectivity index (χ4v) is 2.81. The molecule has 2 aromatic rings. The standard InChI is InChI=1S/C16H18N2O2/c1-11-16(15-10-14(19)8-9-20-15)12(2)18(17-11)13-6-4-3-5-7-13/h3-7,15H,8-10H2,1-2H3. The van der Waals surface area contributed by atoms with E-state index in [4.69, 9.17) is 4.74 Å². The maximum absolute atomic E-state index is 11.6. The zero-order valence-electron chi connectivity index (χ0n) is 11.8. The Balaban J connectivity index is 2.01. The van der Waals surface area contributed by atoms with Gasteiger partial charge in [0.2, 0.25) is 0 Å². The third kappa shape index (κ3) is 2.27. The molecule has 4 heteroatoms. The normalized spacial score (nSPS) is 19.3. The van der Waals surface area contributed by atoms with E-state index in [0.717, 1.165) is 22.6 Å². The van der Waals surface area contributed by atoms with Gasteiger partial charge in [-0.05, 0) is 26.0 Å². The Bertz CT molecular complexity index is 631. The molecule has 0 N–H and O–H groups in total. The smallest absolute Gasteiger partial charge is 0.138 e. The Labute approximate surface area is 118 Å². The quantitative estimate of drug-likeness (QED) is 0.842. The average molecular weight is 270 g/mol. The molecule has 0 aliphatic carbocycles. The number of ether oxygens (including phenoxy) is 1. The van der Waals surface area contributed by atoms with Gasteiger partial charge in [0.1, 0.15) is 5.78 Å². The summed E-state index contributed by atoms with van der Waals surface area (Å²) >= 11 is 0. The molecular weight excluding hydrogens is 252 g/mol. The third-order valence-electron chi connectivity index (χ3n) is 3.78. The number of aryl methyl sites for hydroxylation is 1. The monoisotopic (exact) mass is 270 g/mol. The molecule has 0 bridgehead atoms. The summed E-state index contributed by atoms with van der Waals surface area (Å²) in [6.45, 7) is 4.52. The van der Waals surface area contributed by atoms with Gasteiger partial charge in [0, 0.05) is 24.1 Å². The SMILES string of the molecule is Cc1nn(-c2ccccc2)c(C)c1C1CC(=O)CCO1. The number of benzene rings is 1. The van der Waals surface area contributed by atoms with Crippen LogP contribution >= 0.6 is 0 Å².